The summed E-state index contributed by atoms with van der Waals surface area (Å²) in [4.78, 5) is 39.9. The first-order valence-electron chi connectivity index (χ1n) is 13.5. The molecular formula is C35H29N3O4S. The molecule has 0 fully saturated rings. The number of hydrogen-bond acceptors (Lipinski definition) is 5. The number of nitrogens with one attached hydrogen (secondary N) is 3. The van der Waals surface area contributed by atoms with Gasteiger partial charge in [-0.25, -0.2) is 0 Å². The van der Waals surface area contributed by atoms with Gasteiger partial charge in [0.15, 0.2) is 0 Å². The molecule has 0 atom stereocenters. The van der Waals surface area contributed by atoms with Crippen LogP contribution in [0.2, 0.25) is 0 Å². The smallest absolute Gasteiger partial charge is 0.272 e. The first-order valence-corrected chi connectivity index (χ1v) is 14.5. The van der Waals surface area contributed by atoms with E-state index in [0.717, 1.165) is 21.4 Å². The van der Waals surface area contributed by atoms with Gasteiger partial charge in [-0.1, -0.05) is 72.8 Å². The van der Waals surface area contributed by atoms with E-state index in [1.54, 1.807) is 79.9 Å². The van der Waals surface area contributed by atoms with Crippen molar-refractivity contribution in [2.24, 2.45) is 0 Å². The third kappa shape index (κ3) is 7.90. The Hall–Kier alpha value is -5.34. The molecule has 5 aromatic rings. The number of carbonyl (C=O) groups excluding carboxylic acids is 3. The molecule has 0 heterocycles. The number of rotatable bonds is 10. The van der Waals surface area contributed by atoms with Crippen LogP contribution in [0.3, 0.4) is 0 Å². The number of thioether (sulfide) groups is 1. The summed E-state index contributed by atoms with van der Waals surface area (Å²) in [6.45, 7) is 0. The Bertz CT molecular complexity index is 1780. The fourth-order valence-electron chi connectivity index (χ4n) is 4.34. The molecule has 0 radical (unpaired) electrons. The van der Waals surface area contributed by atoms with Crippen LogP contribution < -0.4 is 20.7 Å². The summed E-state index contributed by atoms with van der Waals surface area (Å²) in [6, 6.07) is 36.7. The van der Waals surface area contributed by atoms with Crippen LogP contribution in [0, 0.1) is 0 Å². The van der Waals surface area contributed by atoms with Crippen LogP contribution in [0.15, 0.2) is 132 Å². The topological polar surface area (TPSA) is 96.5 Å². The average Bonchev–Trinajstić information content (AvgIpc) is 3.04. The molecule has 0 aliphatic rings. The first kappa shape index (κ1) is 29.2. The molecule has 5 aromatic carbocycles. The summed E-state index contributed by atoms with van der Waals surface area (Å²) in [5, 5.41) is 10.6. The molecule has 0 saturated carbocycles. The van der Waals surface area contributed by atoms with Crippen LogP contribution in [0.25, 0.3) is 16.8 Å². The van der Waals surface area contributed by atoms with E-state index in [2.05, 4.69) is 16.0 Å². The Morgan fingerprint density at radius 3 is 2.28 bits per heavy atom. The van der Waals surface area contributed by atoms with Crippen molar-refractivity contribution in [1.29, 1.82) is 0 Å². The molecule has 3 N–H and O–H groups in total. The maximum atomic E-state index is 13.4. The second-order valence-electron chi connectivity index (χ2n) is 9.50. The molecule has 0 aromatic heterocycles. The Kier molecular flexibility index (Phi) is 9.51. The lowest BCUT2D eigenvalue weighted by molar-refractivity contribution is -0.114. The third-order valence-corrected chi connectivity index (χ3v) is 7.47. The van der Waals surface area contributed by atoms with Crippen molar-refractivity contribution in [3.63, 3.8) is 0 Å². The Labute approximate surface area is 254 Å². The second kappa shape index (κ2) is 14.0. The van der Waals surface area contributed by atoms with Crippen LogP contribution >= 0.6 is 11.8 Å². The Morgan fingerprint density at radius 1 is 0.767 bits per heavy atom. The van der Waals surface area contributed by atoms with Gasteiger partial charge in [-0.2, -0.15) is 0 Å². The highest BCUT2D eigenvalue weighted by atomic mass is 32.2. The summed E-state index contributed by atoms with van der Waals surface area (Å²) in [5.74, 6) is -0.162. The zero-order chi connectivity index (χ0) is 30.0. The van der Waals surface area contributed by atoms with E-state index in [9.17, 15) is 14.4 Å². The molecule has 5 rings (SSSR count). The molecule has 0 aliphatic carbocycles. The van der Waals surface area contributed by atoms with Crippen molar-refractivity contribution < 1.29 is 19.1 Å². The fourth-order valence-corrected chi connectivity index (χ4v) is 5.10. The quantitative estimate of drug-likeness (QED) is 0.121. The number of carbonyl (C=O) groups is 3. The van der Waals surface area contributed by atoms with Crippen LogP contribution in [-0.4, -0.2) is 30.6 Å². The van der Waals surface area contributed by atoms with E-state index in [0.29, 0.717) is 22.6 Å². The standard InChI is InChI=1S/C35H29N3O4S/c1-42-28-19-17-24(18-20-28)21-32(38-34(40)26-10-3-2-4-11-26)35(41)36-27-13-8-14-29(22-27)43-23-33(39)37-31-16-7-12-25-9-5-6-15-30(25)31/h2-22H,23H2,1H3,(H,36,41)(H,37,39)(H,38,40)/b32-21+. The number of hydrogen-bond donors (Lipinski definition) is 3. The lowest BCUT2D eigenvalue weighted by atomic mass is 10.1. The Morgan fingerprint density at radius 2 is 1.49 bits per heavy atom. The number of amides is 3. The minimum Gasteiger partial charge on any atom is -0.497 e. The van der Waals surface area contributed by atoms with Crippen LogP contribution in [-0.2, 0) is 9.59 Å². The van der Waals surface area contributed by atoms with E-state index in [-0.39, 0.29) is 17.4 Å². The molecule has 0 bridgehead atoms. The van der Waals surface area contributed by atoms with Gasteiger partial charge in [0.25, 0.3) is 11.8 Å². The SMILES string of the molecule is COc1ccc(/C=C(/NC(=O)c2ccccc2)C(=O)Nc2cccc(SCC(=O)Nc3cccc4ccccc34)c2)cc1. The van der Waals surface area contributed by atoms with Crippen molar-refractivity contribution in [3.05, 3.63) is 138 Å². The molecule has 0 unspecified atom stereocenters. The number of fused-ring (bicyclic) bond motifs is 1. The number of benzene rings is 5. The lowest BCUT2D eigenvalue weighted by Gasteiger charge is -2.12. The predicted molar refractivity (Wildman–Crippen MR) is 173 cm³/mol. The maximum Gasteiger partial charge on any atom is 0.272 e. The monoisotopic (exact) mass is 587 g/mol. The Balaban J connectivity index is 1.27. The molecule has 3 amide bonds. The molecule has 7 nitrogen and oxygen atoms in total. The zero-order valence-corrected chi connectivity index (χ0v) is 24.2. The summed E-state index contributed by atoms with van der Waals surface area (Å²) in [5.41, 5.74) is 2.50. The molecular weight excluding hydrogens is 558 g/mol. The number of ether oxygens (including phenoxy) is 1. The first-order chi connectivity index (χ1) is 21.0. The number of anilines is 2. The van der Waals surface area contributed by atoms with Crippen LogP contribution in [0.1, 0.15) is 15.9 Å². The van der Waals surface area contributed by atoms with Crippen molar-refractivity contribution in [2.45, 2.75) is 4.90 Å². The van der Waals surface area contributed by atoms with Crippen molar-refractivity contribution in [1.82, 2.24) is 5.32 Å². The number of methoxy groups -OCH3 is 1. The van der Waals surface area contributed by atoms with Gasteiger partial charge in [0, 0.05) is 27.2 Å². The van der Waals surface area contributed by atoms with Crippen LogP contribution in [0.5, 0.6) is 5.75 Å². The summed E-state index contributed by atoms with van der Waals surface area (Å²) >= 11 is 1.36. The van der Waals surface area contributed by atoms with Gasteiger partial charge in [-0.3, -0.25) is 14.4 Å². The van der Waals surface area contributed by atoms with Crippen molar-refractivity contribution in [2.75, 3.05) is 23.5 Å². The van der Waals surface area contributed by atoms with Gasteiger partial charge in [0.1, 0.15) is 11.4 Å². The van der Waals surface area contributed by atoms with Gasteiger partial charge >= 0.3 is 0 Å². The molecule has 0 aliphatic heterocycles. The predicted octanol–water partition coefficient (Wildman–Crippen LogP) is 6.99. The summed E-state index contributed by atoms with van der Waals surface area (Å²) in [6.07, 6.45) is 1.60. The van der Waals surface area contributed by atoms with E-state index >= 15 is 0 Å². The van der Waals surface area contributed by atoms with Gasteiger partial charge in [-0.05, 0) is 65.6 Å². The third-order valence-electron chi connectivity index (χ3n) is 6.48. The molecule has 214 valence electrons. The minimum absolute atomic E-state index is 0.0755. The minimum atomic E-state index is -0.490. The van der Waals surface area contributed by atoms with E-state index in [4.69, 9.17) is 4.74 Å². The van der Waals surface area contributed by atoms with Gasteiger partial charge < -0.3 is 20.7 Å². The molecule has 0 saturated heterocycles. The lowest BCUT2D eigenvalue weighted by Crippen LogP contribution is -2.30. The maximum absolute atomic E-state index is 13.4. The normalized spacial score (nSPS) is 11.0. The fraction of sp³-hybridized carbons (Fsp3) is 0.0571. The van der Waals surface area contributed by atoms with Crippen LogP contribution in [0.4, 0.5) is 11.4 Å². The highest BCUT2D eigenvalue weighted by Gasteiger charge is 2.16. The summed E-state index contributed by atoms with van der Waals surface area (Å²) in [7, 11) is 1.58. The van der Waals surface area contributed by atoms with E-state index in [1.807, 2.05) is 54.6 Å². The van der Waals surface area contributed by atoms with Crippen molar-refractivity contribution in [3.8, 4) is 5.75 Å². The summed E-state index contributed by atoms with van der Waals surface area (Å²) < 4.78 is 5.22. The van der Waals surface area contributed by atoms with E-state index in [1.165, 1.54) is 11.8 Å². The van der Waals surface area contributed by atoms with Crippen molar-refractivity contribution >= 4 is 57.7 Å². The largest absolute Gasteiger partial charge is 0.497 e. The molecule has 43 heavy (non-hydrogen) atoms. The highest BCUT2D eigenvalue weighted by Crippen LogP contribution is 2.25. The van der Waals surface area contributed by atoms with Gasteiger partial charge in [0.2, 0.25) is 5.91 Å². The van der Waals surface area contributed by atoms with Gasteiger partial charge in [0.05, 0.1) is 12.9 Å². The second-order valence-corrected chi connectivity index (χ2v) is 10.5. The molecule has 0 spiro atoms. The van der Waals surface area contributed by atoms with Gasteiger partial charge in [-0.15, -0.1) is 11.8 Å². The highest BCUT2D eigenvalue weighted by molar-refractivity contribution is 8.00. The van der Waals surface area contributed by atoms with E-state index < -0.39 is 11.8 Å². The zero-order valence-electron chi connectivity index (χ0n) is 23.4. The average molecular weight is 588 g/mol. The molecule has 8 heteroatoms.